The Labute approximate surface area is 127 Å². The summed E-state index contributed by atoms with van der Waals surface area (Å²) >= 11 is 5.78. The van der Waals surface area contributed by atoms with Crippen LogP contribution in [0.4, 0.5) is 10.1 Å². The van der Waals surface area contributed by atoms with Gasteiger partial charge >= 0.3 is 0 Å². The zero-order valence-electron chi connectivity index (χ0n) is 11.4. The Morgan fingerprint density at radius 3 is 2.76 bits per heavy atom. The van der Waals surface area contributed by atoms with E-state index in [1.807, 2.05) is 18.0 Å². The quantitative estimate of drug-likeness (QED) is 0.394. The Bertz CT molecular complexity index is 676. The van der Waals surface area contributed by atoms with E-state index in [4.69, 9.17) is 22.5 Å². The van der Waals surface area contributed by atoms with Gasteiger partial charge in [-0.3, -0.25) is 0 Å². The maximum Gasteiger partial charge on any atom is 0.170 e. The standard InChI is InChI=1S/C15H15ClFN3O/c1-20(9-11-5-3-7-13(16)14(11)17)12-6-2-4-10(8-12)15(18)19-21/h2-8,21H,9H2,1H3,(H2,18,19). The number of amidine groups is 1. The molecule has 110 valence electrons. The van der Waals surface area contributed by atoms with Gasteiger partial charge in [-0.1, -0.05) is 41.0 Å². The van der Waals surface area contributed by atoms with Crippen LogP contribution in [0.2, 0.25) is 5.02 Å². The molecule has 0 aliphatic carbocycles. The number of rotatable bonds is 4. The van der Waals surface area contributed by atoms with Crippen molar-refractivity contribution in [3.63, 3.8) is 0 Å². The first-order chi connectivity index (χ1) is 10.0. The smallest absolute Gasteiger partial charge is 0.170 e. The zero-order valence-corrected chi connectivity index (χ0v) is 12.2. The van der Waals surface area contributed by atoms with Gasteiger partial charge in [0.05, 0.1) is 5.02 Å². The van der Waals surface area contributed by atoms with Crippen molar-refractivity contribution in [3.8, 4) is 0 Å². The topological polar surface area (TPSA) is 61.8 Å². The van der Waals surface area contributed by atoms with Gasteiger partial charge in [0, 0.05) is 30.4 Å². The molecular weight excluding hydrogens is 293 g/mol. The molecule has 2 rings (SSSR count). The first-order valence-electron chi connectivity index (χ1n) is 6.25. The minimum absolute atomic E-state index is 0.0270. The first-order valence-corrected chi connectivity index (χ1v) is 6.62. The van der Waals surface area contributed by atoms with E-state index in [9.17, 15) is 4.39 Å². The number of hydrogen-bond acceptors (Lipinski definition) is 3. The molecular formula is C15H15ClFN3O. The number of halogens is 2. The second-order valence-electron chi connectivity index (χ2n) is 4.60. The van der Waals surface area contributed by atoms with Crippen molar-refractivity contribution in [2.45, 2.75) is 6.54 Å². The van der Waals surface area contributed by atoms with Gasteiger partial charge in [-0.25, -0.2) is 4.39 Å². The van der Waals surface area contributed by atoms with E-state index in [0.29, 0.717) is 17.7 Å². The predicted octanol–water partition coefficient (Wildman–Crippen LogP) is 3.21. The Kier molecular flexibility index (Phi) is 4.65. The zero-order chi connectivity index (χ0) is 15.4. The summed E-state index contributed by atoms with van der Waals surface area (Å²) in [5, 5.41) is 11.8. The molecule has 4 nitrogen and oxygen atoms in total. The lowest BCUT2D eigenvalue weighted by atomic mass is 10.1. The van der Waals surface area contributed by atoms with Crippen LogP contribution < -0.4 is 10.6 Å². The summed E-state index contributed by atoms with van der Waals surface area (Å²) in [6.45, 7) is 0.353. The van der Waals surface area contributed by atoms with E-state index in [0.717, 1.165) is 5.69 Å². The SMILES string of the molecule is CN(Cc1cccc(Cl)c1F)c1cccc(/C(N)=N/O)c1. The number of nitrogens with two attached hydrogens (primary N) is 1. The van der Waals surface area contributed by atoms with Crippen molar-refractivity contribution < 1.29 is 9.60 Å². The Hall–Kier alpha value is -2.27. The largest absolute Gasteiger partial charge is 0.409 e. The predicted molar refractivity (Wildman–Crippen MR) is 82.5 cm³/mol. The normalized spacial score (nSPS) is 11.5. The number of anilines is 1. The molecule has 0 atom stereocenters. The van der Waals surface area contributed by atoms with E-state index < -0.39 is 5.82 Å². The van der Waals surface area contributed by atoms with Crippen LogP contribution in [0, 0.1) is 5.82 Å². The van der Waals surface area contributed by atoms with Crippen LogP contribution in [0.5, 0.6) is 0 Å². The average molecular weight is 308 g/mol. The van der Waals surface area contributed by atoms with Crippen LogP contribution in [0.15, 0.2) is 47.6 Å². The highest BCUT2D eigenvalue weighted by atomic mass is 35.5. The van der Waals surface area contributed by atoms with Crippen molar-refractivity contribution in [1.29, 1.82) is 0 Å². The molecule has 0 heterocycles. The van der Waals surface area contributed by atoms with Gasteiger partial charge in [-0.15, -0.1) is 0 Å². The van der Waals surface area contributed by atoms with Crippen molar-refractivity contribution >= 4 is 23.1 Å². The van der Waals surface area contributed by atoms with Crippen LogP contribution in [-0.4, -0.2) is 18.1 Å². The van der Waals surface area contributed by atoms with E-state index in [-0.39, 0.29) is 10.9 Å². The molecule has 0 aliphatic rings. The molecule has 0 aromatic heterocycles. The summed E-state index contributed by atoms with van der Waals surface area (Å²) in [5.74, 6) is -0.391. The first kappa shape index (κ1) is 15.1. The van der Waals surface area contributed by atoms with Crippen LogP contribution in [-0.2, 0) is 6.54 Å². The average Bonchev–Trinajstić information content (AvgIpc) is 2.51. The fraction of sp³-hybridized carbons (Fsp3) is 0.133. The van der Waals surface area contributed by atoms with Gasteiger partial charge in [0.15, 0.2) is 5.84 Å². The summed E-state index contributed by atoms with van der Waals surface area (Å²) in [4.78, 5) is 1.85. The van der Waals surface area contributed by atoms with Crippen LogP contribution in [0.1, 0.15) is 11.1 Å². The molecule has 0 spiro atoms. The van der Waals surface area contributed by atoms with Gasteiger partial charge in [0.2, 0.25) is 0 Å². The molecule has 0 aliphatic heterocycles. The van der Waals surface area contributed by atoms with Gasteiger partial charge in [0.25, 0.3) is 0 Å². The molecule has 0 fully saturated rings. The van der Waals surface area contributed by atoms with Crippen molar-refractivity contribution in [2.24, 2.45) is 10.9 Å². The van der Waals surface area contributed by atoms with Crippen LogP contribution in [0.3, 0.4) is 0 Å². The molecule has 0 saturated carbocycles. The van der Waals surface area contributed by atoms with Gasteiger partial charge in [-0.05, 0) is 18.2 Å². The number of nitrogens with zero attached hydrogens (tertiary/aromatic N) is 2. The Balaban J connectivity index is 2.24. The lowest BCUT2D eigenvalue weighted by Gasteiger charge is -2.20. The molecule has 2 aromatic rings. The molecule has 3 N–H and O–H groups in total. The third kappa shape index (κ3) is 3.44. The van der Waals surface area contributed by atoms with E-state index in [1.165, 1.54) is 6.07 Å². The lowest BCUT2D eigenvalue weighted by Crippen LogP contribution is -2.19. The third-order valence-corrected chi connectivity index (χ3v) is 3.42. The molecule has 0 unspecified atom stereocenters. The van der Waals surface area contributed by atoms with Gasteiger partial charge in [0.1, 0.15) is 5.82 Å². The minimum atomic E-state index is -0.418. The molecule has 0 amide bonds. The van der Waals surface area contributed by atoms with Gasteiger partial charge < -0.3 is 15.8 Å². The summed E-state index contributed by atoms with van der Waals surface area (Å²) < 4.78 is 13.9. The highest BCUT2D eigenvalue weighted by molar-refractivity contribution is 6.30. The lowest BCUT2D eigenvalue weighted by molar-refractivity contribution is 0.318. The summed E-state index contributed by atoms with van der Waals surface area (Å²) in [5.41, 5.74) is 7.47. The third-order valence-electron chi connectivity index (χ3n) is 3.13. The highest BCUT2D eigenvalue weighted by Gasteiger charge is 2.10. The fourth-order valence-corrected chi connectivity index (χ4v) is 2.17. The van der Waals surface area contributed by atoms with Gasteiger partial charge in [-0.2, -0.15) is 0 Å². The molecule has 0 bridgehead atoms. The second-order valence-corrected chi connectivity index (χ2v) is 5.01. The number of hydrogen-bond donors (Lipinski definition) is 2. The molecule has 0 saturated heterocycles. The molecule has 2 aromatic carbocycles. The van der Waals surface area contributed by atoms with E-state index >= 15 is 0 Å². The van der Waals surface area contributed by atoms with Crippen LogP contribution >= 0.6 is 11.6 Å². The monoisotopic (exact) mass is 307 g/mol. The summed E-state index contributed by atoms with van der Waals surface area (Å²) in [6.07, 6.45) is 0. The fourth-order valence-electron chi connectivity index (χ4n) is 1.98. The summed E-state index contributed by atoms with van der Waals surface area (Å²) in [7, 11) is 1.83. The highest BCUT2D eigenvalue weighted by Crippen LogP contribution is 2.22. The van der Waals surface area contributed by atoms with E-state index in [1.54, 1.807) is 30.3 Å². The number of benzene rings is 2. The molecule has 21 heavy (non-hydrogen) atoms. The van der Waals surface area contributed by atoms with Crippen molar-refractivity contribution in [1.82, 2.24) is 0 Å². The van der Waals surface area contributed by atoms with Crippen molar-refractivity contribution in [2.75, 3.05) is 11.9 Å². The Morgan fingerprint density at radius 1 is 1.33 bits per heavy atom. The maximum atomic E-state index is 13.9. The van der Waals surface area contributed by atoms with E-state index in [2.05, 4.69) is 5.16 Å². The summed E-state index contributed by atoms with van der Waals surface area (Å²) in [6, 6.07) is 12.0. The van der Waals surface area contributed by atoms with Crippen molar-refractivity contribution in [3.05, 3.63) is 64.4 Å². The number of oxime groups is 1. The molecule has 0 radical (unpaired) electrons. The van der Waals surface area contributed by atoms with Crippen LogP contribution in [0.25, 0.3) is 0 Å². The molecule has 6 heteroatoms. The maximum absolute atomic E-state index is 13.9. The minimum Gasteiger partial charge on any atom is -0.409 e. The second kappa shape index (κ2) is 6.45. The Morgan fingerprint density at radius 2 is 2.05 bits per heavy atom.